The zero-order valence-electron chi connectivity index (χ0n) is 12.3. The Morgan fingerprint density at radius 3 is 2.62 bits per heavy atom. The van der Waals surface area contributed by atoms with Crippen molar-refractivity contribution < 1.29 is 4.79 Å². The highest BCUT2D eigenvalue weighted by Crippen LogP contribution is 2.20. The molecule has 2 aromatic rings. The third-order valence-electron chi connectivity index (χ3n) is 3.51. The highest BCUT2D eigenvalue weighted by Gasteiger charge is 2.10. The van der Waals surface area contributed by atoms with E-state index in [1.807, 2.05) is 39.0 Å². The van der Waals surface area contributed by atoms with Gasteiger partial charge in [0.15, 0.2) is 0 Å². The number of aromatic nitrogens is 2. The summed E-state index contributed by atoms with van der Waals surface area (Å²) in [6, 6.07) is 5.68. The maximum atomic E-state index is 12.0. The topological polar surface area (TPSA) is 66.9 Å². The summed E-state index contributed by atoms with van der Waals surface area (Å²) >= 11 is 3.39. The van der Waals surface area contributed by atoms with Gasteiger partial charge in [-0.3, -0.25) is 9.36 Å². The van der Waals surface area contributed by atoms with Crippen LogP contribution in [-0.4, -0.2) is 15.5 Å². The zero-order chi connectivity index (χ0) is 15.6. The number of amides is 1. The number of nitrogens with zero attached hydrogens (tertiary/aromatic N) is 1. The van der Waals surface area contributed by atoms with Crippen LogP contribution in [0.5, 0.6) is 0 Å². The summed E-state index contributed by atoms with van der Waals surface area (Å²) in [5.74, 6) is -0.106. The van der Waals surface area contributed by atoms with Gasteiger partial charge >= 0.3 is 5.69 Å². The highest BCUT2D eigenvalue weighted by molar-refractivity contribution is 9.10. The molecule has 0 fully saturated rings. The van der Waals surface area contributed by atoms with E-state index in [0.29, 0.717) is 6.54 Å². The molecule has 0 aliphatic rings. The fourth-order valence-corrected chi connectivity index (χ4v) is 2.61. The molecule has 1 amide bonds. The second kappa shape index (κ2) is 6.30. The predicted molar refractivity (Wildman–Crippen MR) is 86.7 cm³/mol. The van der Waals surface area contributed by atoms with Gasteiger partial charge in [0.2, 0.25) is 5.91 Å². The van der Waals surface area contributed by atoms with E-state index in [-0.39, 0.29) is 18.0 Å². The monoisotopic (exact) mass is 351 g/mol. The van der Waals surface area contributed by atoms with Crippen molar-refractivity contribution in [3.8, 4) is 0 Å². The molecule has 2 N–H and O–H groups in total. The number of carbonyl (C=O) groups excluding carboxylic acids is 1. The van der Waals surface area contributed by atoms with Gasteiger partial charge in [-0.1, -0.05) is 15.9 Å². The average Bonchev–Trinajstić information content (AvgIpc) is 2.65. The number of halogens is 1. The summed E-state index contributed by atoms with van der Waals surface area (Å²) in [6.45, 7) is 6.02. The van der Waals surface area contributed by atoms with E-state index in [2.05, 4.69) is 26.2 Å². The maximum Gasteiger partial charge on any atom is 0.325 e. The van der Waals surface area contributed by atoms with Crippen LogP contribution in [-0.2, 0) is 11.3 Å². The van der Waals surface area contributed by atoms with Crippen LogP contribution < -0.4 is 11.0 Å². The van der Waals surface area contributed by atoms with Crippen LogP contribution in [0.25, 0.3) is 0 Å². The fraction of sp³-hybridized carbons (Fsp3) is 0.333. The van der Waals surface area contributed by atoms with Crippen LogP contribution >= 0.6 is 15.9 Å². The molecule has 2 rings (SSSR count). The summed E-state index contributed by atoms with van der Waals surface area (Å²) < 4.78 is 2.56. The Morgan fingerprint density at radius 1 is 1.33 bits per heavy atom. The van der Waals surface area contributed by atoms with Crippen molar-refractivity contribution >= 4 is 27.5 Å². The van der Waals surface area contributed by atoms with Crippen LogP contribution in [0, 0.1) is 20.8 Å². The van der Waals surface area contributed by atoms with E-state index >= 15 is 0 Å². The lowest BCUT2D eigenvalue weighted by Gasteiger charge is -2.09. The van der Waals surface area contributed by atoms with Gasteiger partial charge in [-0.2, -0.15) is 0 Å². The maximum absolute atomic E-state index is 12.0. The van der Waals surface area contributed by atoms with Crippen LogP contribution in [0.3, 0.4) is 0 Å². The molecule has 112 valence electrons. The lowest BCUT2D eigenvalue weighted by atomic mass is 10.2. The van der Waals surface area contributed by atoms with E-state index in [1.54, 1.807) is 4.57 Å². The Balaban J connectivity index is 2.01. The van der Waals surface area contributed by atoms with Crippen molar-refractivity contribution in [2.45, 2.75) is 33.7 Å². The average molecular weight is 352 g/mol. The number of nitrogens with one attached hydrogen (secondary N) is 2. The molecule has 21 heavy (non-hydrogen) atoms. The molecule has 1 aromatic heterocycles. The van der Waals surface area contributed by atoms with E-state index < -0.39 is 0 Å². The Bertz CT molecular complexity index is 731. The number of aryl methyl sites for hydroxylation is 2. The lowest BCUT2D eigenvalue weighted by molar-refractivity contribution is -0.116. The number of imidazole rings is 1. The molecule has 1 aromatic carbocycles. The van der Waals surface area contributed by atoms with E-state index in [0.717, 1.165) is 27.1 Å². The Morgan fingerprint density at radius 2 is 2.05 bits per heavy atom. The van der Waals surface area contributed by atoms with Crippen LogP contribution in [0.2, 0.25) is 0 Å². The quantitative estimate of drug-likeness (QED) is 0.889. The summed E-state index contributed by atoms with van der Waals surface area (Å²) in [7, 11) is 0. The first-order chi connectivity index (χ1) is 9.88. The van der Waals surface area contributed by atoms with Crippen LogP contribution in [0.15, 0.2) is 27.5 Å². The van der Waals surface area contributed by atoms with Gasteiger partial charge in [-0.05, 0) is 44.5 Å². The standard InChI is InChI=1S/C15H18BrN3O2/c1-9-8-12(16)4-5-13(9)18-14(20)6-7-19-11(3)10(2)17-15(19)21/h4-5,8H,6-7H2,1-3H3,(H,17,21)(H,18,20). The third kappa shape index (κ3) is 3.64. The van der Waals surface area contributed by atoms with Crippen molar-refractivity contribution in [2.75, 3.05) is 5.32 Å². The molecule has 0 radical (unpaired) electrons. The fourth-order valence-electron chi connectivity index (χ4n) is 2.14. The van der Waals surface area contributed by atoms with Gasteiger partial charge in [0.25, 0.3) is 0 Å². The van der Waals surface area contributed by atoms with Crippen molar-refractivity contribution in [1.82, 2.24) is 9.55 Å². The normalized spacial score (nSPS) is 10.7. The first-order valence-electron chi connectivity index (χ1n) is 6.70. The second-order valence-corrected chi connectivity index (χ2v) is 5.97. The number of H-pyrrole nitrogens is 1. The van der Waals surface area contributed by atoms with Gasteiger partial charge in [0.1, 0.15) is 0 Å². The summed E-state index contributed by atoms with van der Waals surface area (Å²) in [4.78, 5) is 26.4. The highest BCUT2D eigenvalue weighted by atomic mass is 79.9. The third-order valence-corrected chi connectivity index (χ3v) is 4.01. The molecule has 0 saturated heterocycles. The second-order valence-electron chi connectivity index (χ2n) is 5.05. The SMILES string of the molecule is Cc1cc(Br)ccc1NC(=O)CCn1c(C)c(C)[nH]c1=O. The molecule has 6 heteroatoms. The predicted octanol–water partition coefficient (Wildman–Crippen LogP) is 2.89. The zero-order valence-corrected chi connectivity index (χ0v) is 13.9. The minimum absolute atomic E-state index is 0.106. The van der Waals surface area contributed by atoms with Gasteiger partial charge in [-0.15, -0.1) is 0 Å². The molecule has 0 bridgehead atoms. The van der Waals surface area contributed by atoms with E-state index in [4.69, 9.17) is 0 Å². The summed E-state index contributed by atoms with van der Waals surface area (Å²) in [5, 5.41) is 2.87. The van der Waals surface area contributed by atoms with Gasteiger partial charge in [0.05, 0.1) is 0 Å². The van der Waals surface area contributed by atoms with E-state index in [9.17, 15) is 9.59 Å². The van der Waals surface area contributed by atoms with E-state index in [1.165, 1.54) is 0 Å². The van der Waals surface area contributed by atoms with Crippen molar-refractivity contribution in [2.24, 2.45) is 0 Å². The molecule has 5 nitrogen and oxygen atoms in total. The number of benzene rings is 1. The summed E-state index contributed by atoms with van der Waals surface area (Å²) in [6.07, 6.45) is 0.257. The van der Waals surface area contributed by atoms with Gasteiger partial charge < -0.3 is 10.3 Å². The number of hydrogen-bond acceptors (Lipinski definition) is 2. The Kier molecular flexibility index (Phi) is 4.67. The largest absolute Gasteiger partial charge is 0.326 e. The van der Waals surface area contributed by atoms with Crippen molar-refractivity contribution in [1.29, 1.82) is 0 Å². The minimum Gasteiger partial charge on any atom is -0.326 e. The molecule has 0 spiro atoms. The first kappa shape index (κ1) is 15.6. The Labute approximate surface area is 131 Å². The summed E-state index contributed by atoms with van der Waals surface area (Å²) in [5.41, 5.74) is 3.32. The number of hydrogen-bond donors (Lipinski definition) is 2. The minimum atomic E-state index is -0.169. The molecule has 0 aliphatic heterocycles. The van der Waals surface area contributed by atoms with Crippen molar-refractivity contribution in [3.63, 3.8) is 0 Å². The first-order valence-corrected chi connectivity index (χ1v) is 7.50. The lowest BCUT2D eigenvalue weighted by Crippen LogP contribution is -2.22. The molecular formula is C15H18BrN3O2. The molecule has 1 heterocycles. The molecule has 0 saturated carbocycles. The van der Waals surface area contributed by atoms with Gasteiger partial charge in [-0.25, -0.2) is 4.79 Å². The molecular weight excluding hydrogens is 334 g/mol. The molecule has 0 atom stereocenters. The van der Waals surface area contributed by atoms with Crippen LogP contribution in [0.4, 0.5) is 5.69 Å². The number of rotatable bonds is 4. The smallest absolute Gasteiger partial charge is 0.325 e. The number of aromatic amines is 1. The van der Waals surface area contributed by atoms with Gasteiger partial charge in [0, 0.05) is 34.5 Å². The number of anilines is 1. The number of carbonyl (C=O) groups is 1. The molecule has 0 unspecified atom stereocenters. The molecule has 0 aliphatic carbocycles. The Hall–Kier alpha value is -1.82. The van der Waals surface area contributed by atoms with Crippen LogP contribution in [0.1, 0.15) is 23.4 Å². The van der Waals surface area contributed by atoms with Crippen molar-refractivity contribution in [3.05, 3.63) is 50.1 Å².